The van der Waals surface area contributed by atoms with E-state index in [4.69, 9.17) is 80.6 Å². The second-order valence-electron chi connectivity index (χ2n) is 31.5. The highest BCUT2D eigenvalue weighted by molar-refractivity contribution is 6.42. The summed E-state index contributed by atoms with van der Waals surface area (Å²) in [7, 11) is 1.48. The molecule has 6 aromatic rings. The number of amides is 9. The number of halogens is 4. The third-order valence-electron chi connectivity index (χ3n) is 22.1. The molecule has 0 aliphatic carbocycles. The van der Waals surface area contributed by atoms with E-state index >= 15 is 24.0 Å². The average molecular weight is 1810 g/mol. The Labute approximate surface area is 730 Å². The first-order valence-corrected chi connectivity index (χ1v) is 41.4. The number of hydrogen-bond acceptors (Lipinski definition) is 29. The summed E-state index contributed by atoms with van der Waals surface area (Å²) >= 11 is 26.7. The van der Waals surface area contributed by atoms with Gasteiger partial charge in [0.25, 0.3) is 5.91 Å². The second-order valence-corrected chi connectivity index (χ2v) is 33.2. The molecule has 124 heavy (non-hydrogen) atoms. The number of primary amides is 1. The maximum absolute atomic E-state index is 16.3. The highest BCUT2D eigenvalue weighted by atomic mass is 35.5. The summed E-state index contributed by atoms with van der Waals surface area (Å²) in [6.07, 6.45) is -18.6. The van der Waals surface area contributed by atoms with Gasteiger partial charge in [0.2, 0.25) is 59.3 Å². The molecule has 6 aromatic carbocycles. The van der Waals surface area contributed by atoms with E-state index in [9.17, 15) is 65.1 Å². The number of piperazine rings is 1. The van der Waals surface area contributed by atoms with E-state index in [0.29, 0.717) is 54.9 Å². The molecule has 8 aliphatic heterocycles. The lowest BCUT2D eigenvalue weighted by Crippen LogP contribution is -2.66. The Morgan fingerprint density at radius 2 is 1.33 bits per heavy atom. The quantitative estimate of drug-likeness (QED) is 0.0428. The fourth-order valence-electron chi connectivity index (χ4n) is 15.5. The third kappa shape index (κ3) is 21.4. The highest BCUT2D eigenvalue weighted by Gasteiger charge is 2.52. The summed E-state index contributed by atoms with van der Waals surface area (Å²) in [4.78, 5) is 135. The van der Waals surface area contributed by atoms with Crippen LogP contribution in [-0.2, 0) is 63.8 Å². The van der Waals surface area contributed by atoms with Crippen LogP contribution in [0.5, 0.6) is 46.0 Å². The van der Waals surface area contributed by atoms with Gasteiger partial charge >= 0.3 is 0 Å². The number of fused-ring (bicyclic) bond motifs is 15. The minimum absolute atomic E-state index is 0.0676. The van der Waals surface area contributed by atoms with Crippen molar-refractivity contribution in [3.8, 4) is 57.1 Å². The molecular weight excluding hydrogens is 1710 g/mol. The Balaban J connectivity index is 0.982. The molecule has 3 saturated heterocycles. The number of nitrogens with zero attached hydrogens (tertiary/aromatic N) is 2. The Bertz CT molecular complexity index is 5020. The Morgan fingerprint density at radius 3 is 1.96 bits per heavy atom. The monoisotopic (exact) mass is 1800 g/mol. The van der Waals surface area contributed by atoms with E-state index in [-0.39, 0.29) is 76.4 Å². The van der Waals surface area contributed by atoms with Gasteiger partial charge in [-0.15, -0.1) is 0 Å². The second kappa shape index (κ2) is 40.1. The SMILES string of the molecule is CCNNC(=O)[C@@H]1NC(=O)[C@H]2NC(=O)[C@H](NC(=O)[C@@H]3NC(=O)[C@H](CC(N)=O)NC(=O)[C@H](NC(=O)[C@@H](CC(C)C)NC)[C@H](O)c4ccc(c(Cl)c4)Oc4cc3cc(c4O[C@@H]3O[C@H](CO)[C@@H](O)[C@H](O)[C@H]3O[C@H]3C[C@](C)(NCCN4CCN(NC(=O)Cc5ccc(Cl)c(Cl)c5)CC4)[C@H](O)[C@H](C)O3)Oc3ccc(cc3Cl)[C@H]2O)c2ccc(O)c(c2)-c2c(O)cc(O)cc21. The predicted molar refractivity (Wildman–Crippen MR) is 444 cm³/mol. The van der Waals surface area contributed by atoms with E-state index in [1.54, 1.807) is 39.0 Å². The molecule has 14 rings (SSSR count). The summed E-state index contributed by atoms with van der Waals surface area (Å²) in [5, 5.41) is 130. The first-order chi connectivity index (χ1) is 58.9. The smallest absolute Gasteiger partial charge is 0.261 e. The number of ether oxygens (including phenoxy) is 6. The summed E-state index contributed by atoms with van der Waals surface area (Å²) in [5.41, 5.74) is 10.8. The third-order valence-corrected chi connectivity index (χ3v) is 23.4. The molecule has 0 saturated carbocycles. The molecule has 11 bridgehead atoms. The zero-order chi connectivity index (χ0) is 89.6. The van der Waals surface area contributed by atoms with Crippen LogP contribution in [0.25, 0.3) is 11.1 Å². The maximum atomic E-state index is 16.3. The van der Waals surface area contributed by atoms with Crippen molar-refractivity contribution in [2.75, 3.05) is 59.5 Å². The molecule has 3 fully saturated rings. The number of hydrogen-bond donors (Lipinski definition) is 21. The van der Waals surface area contributed by atoms with Crippen LogP contribution in [0.15, 0.2) is 97.1 Å². The van der Waals surface area contributed by atoms with Gasteiger partial charge in [0.1, 0.15) is 95.5 Å². The Hall–Kier alpha value is -10.1. The van der Waals surface area contributed by atoms with Gasteiger partial charge in [-0.25, -0.2) is 10.4 Å². The van der Waals surface area contributed by atoms with Crippen molar-refractivity contribution < 1.29 is 118 Å². The number of benzene rings is 6. The molecule has 38 nitrogen and oxygen atoms in total. The number of rotatable bonds is 22. The van der Waals surface area contributed by atoms with E-state index in [1.165, 1.54) is 25.2 Å². The summed E-state index contributed by atoms with van der Waals surface area (Å²) < 4.78 is 39.7. The molecule has 668 valence electrons. The van der Waals surface area contributed by atoms with E-state index in [1.807, 2.05) is 18.9 Å². The minimum atomic E-state index is -2.36. The summed E-state index contributed by atoms with van der Waals surface area (Å²) in [6, 6.07) is 5.16. The predicted octanol–water partition coefficient (Wildman–Crippen LogP) is 1.49. The van der Waals surface area contributed by atoms with Crippen molar-refractivity contribution in [2.24, 2.45) is 11.7 Å². The minimum Gasteiger partial charge on any atom is -0.508 e. The highest BCUT2D eigenvalue weighted by Crippen LogP contribution is 2.50. The van der Waals surface area contributed by atoms with Crippen molar-refractivity contribution in [2.45, 2.75) is 170 Å². The lowest BCUT2D eigenvalue weighted by molar-refractivity contribution is -0.334. The first kappa shape index (κ1) is 93.1. The van der Waals surface area contributed by atoms with Crippen molar-refractivity contribution in [1.29, 1.82) is 0 Å². The number of phenolic OH excluding ortho intramolecular Hbond substituents is 3. The number of phenols is 3. The largest absolute Gasteiger partial charge is 0.508 e. The Morgan fingerprint density at radius 1 is 0.685 bits per heavy atom. The molecule has 8 heterocycles. The number of likely N-dealkylation sites (N-methyl/N-ethyl adjacent to an activating group) is 1. The molecule has 0 spiro atoms. The van der Waals surface area contributed by atoms with Crippen LogP contribution in [0.1, 0.15) is 118 Å². The molecule has 0 radical (unpaired) electrons. The van der Waals surface area contributed by atoms with Crippen LogP contribution < -0.4 is 78.8 Å². The number of carbonyl (C=O) groups is 9. The molecule has 8 aliphatic rings. The lowest BCUT2D eigenvalue weighted by Gasteiger charge is -2.48. The molecule has 22 N–H and O–H groups in total. The number of nitrogens with one attached hydrogen (secondary N) is 11. The topological polar surface area (TPSA) is 556 Å². The zero-order valence-corrected chi connectivity index (χ0v) is 70.8. The molecule has 42 heteroatoms. The number of hydrazine groups is 2. The van der Waals surface area contributed by atoms with Crippen molar-refractivity contribution >= 4 is 99.6 Å². The van der Waals surface area contributed by atoms with Crippen LogP contribution in [-0.4, -0.2) is 247 Å². The lowest BCUT2D eigenvalue weighted by atomic mass is 9.85. The summed E-state index contributed by atoms with van der Waals surface area (Å²) in [5.74, 6) is -15.1. The van der Waals surface area contributed by atoms with Gasteiger partial charge in [-0.3, -0.25) is 58.9 Å². The first-order valence-electron chi connectivity index (χ1n) is 39.9. The average Bonchev–Trinajstić information content (AvgIpc) is 0.766. The number of aromatic hydroxyl groups is 3. The van der Waals surface area contributed by atoms with Crippen LogP contribution in [0.3, 0.4) is 0 Å². The van der Waals surface area contributed by atoms with Crippen molar-refractivity contribution in [3.63, 3.8) is 0 Å². The van der Waals surface area contributed by atoms with Gasteiger partial charge in [-0.1, -0.05) is 91.4 Å². The molecule has 0 aromatic heterocycles. The summed E-state index contributed by atoms with van der Waals surface area (Å²) in [6.45, 7) is 10.5. The molecule has 0 unspecified atom stereocenters. The zero-order valence-electron chi connectivity index (χ0n) is 67.7. The molecule has 18 atom stereocenters. The van der Waals surface area contributed by atoms with E-state index in [0.717, 1.165) is 60.7 Å². The standard InChI is InChI=1S/C82H98Cl4N14O24/c1-7-90-97-80(118)64-44-30-42(102)31-52(104)61(44)43-25-38(9-13-51(43)103)62-76(114)96-66(79(117)94-64)68(108)40-11-15-54(48(86)27-40)121-56-29-41-28-55(120-53-14-10-39(26-47(53)85)67(107)65(95-74(112)49(88-6)22-35(2)3)78(116)91-50(32-58(87)105)75(113)92-63(41)77(115)93-62)71(56)124-81-72(70(110)69(109)57(34-101)122-81)123-60-33-82(5,73(111)36(4)119-60)89-16-17-99-18-20-100(21-19-99)98-59(106)24-37-8-12-45(83)46(84)23-37/h8-15,23,25-31,35-36,49-50,57,60,62-70,72-73,81,88-90,101-104,107-111H,7,16-22,24,32-34H2,1-6H3,(H2,87,105)(H,91,116)(H,92,113)(H,93,115)(H,94,117)(H,95,112)(H,96,114)(H,97,118)(H,98,106)/t36-,49+,50-,57+,60-,62+,63+,64+,65+,66-,67+,68+,69+,70-,72+,73+,81-,82-/m0/s1. The number of aliphatic hydroxyl groups excluding tert-OH is 6. The van der Waals surface area contributed by atoms with Crippen LogP contribution >= 0.6 is 46.4 Å². The van der Waals surface area contributed by atoms with Gasteiger partial charge in [-0.05, 0) is 133 Å². The van der Waals surface area contributed by atoms with Gasteiger partial charge < -0.3 is 123 Å². The van der Waals surface area contributed by atoms with Gasteiger partial charge in [-0.2, -0.15) is 0 Å². The van der Waals surface area contributed by atoms with Gasteiger partial charge in [0.15, 0.2) is 23.9 Å². The van der Waals surface area contributed by atoms with Crippen molar-refractivity contribution in [3.05, 3.63) is 151 Å². The maximum Gasteiger partial charge on any atom is 0.261 e. The van der Waals surface area contributed by atoms with Crippen LogP contribution in [0.4, 0.5) is 0 Å². The normalized spacial score (nSPS) is 27.2. The van der Waals surface area contributed by atoms with E-state index < -0.39 is 226 Å². The van der Waals surface area contributed by atoms with Gasteiger partial charge in [0, 0.05) is 75.0 Å². The molecule has 9 amide bonds. The fraction of sp³-hybridized carbons (Fsp3) is 0.451. The van der Waals surface area contributed by atoms with Gasteiger partial charge in [0.05, 0.1) is 57.8 Å². The van der Waals surface area contributed by atoms with E-state index in [2.05, 4.69) is 63.7 Å². The molecular formula is C82H98Cl4N14O24. The number of nitrogens with two attached hydrogens (primary N) is 1. The van der Waals surface area contributed by atoms with Crippen LogP contribution in [0, 0.1) is 5.92 Å². The number of carbonyl (C=O) groups excluding carboxylic acids is 9. The van der Waals surface area contributed by atoms with Crippen molar-refractivity contribution in [1.82, 2.24) is 68.7 Å². The Kier molecular flexibility index (Phi) is 30.1. The number of aliphatic hydroxyl groups is 6. The fourth-order valence-corrected chi connectivity index (χ4v) is 16.3. The van der Waals surface area contributed by atoms with Crippen LogP contribution in [0.2, 0.25) is 20.1 Å².